The molecule has 1 aliphatic rings. The molecule has 1 aromatic heterocycles. The van der Waals surface area contributed by atoms with Gasteiger partial charge in [-0.05, 0) is 24.5 Å². The van der Waals surface area contributed by atoms with Gasteiger partial charge >= 0.3 is 0 Å². The number of aryl methyl sites for hydroxylation is 2. The fraction of sp³-hybridized carbons (Fsp3) is 0.412. The van der Waals surface area contributed by atoms with Gasteiger partial charge in [0.15, 0.2) is 5.89 Å². The molecule has 0 bridgehead atoms. The summed E-state index contributed by atoms with van der Waals surface area (Å²) in [5.41, 5.74) is 3.09. The first kappa shape index (κ1) is 14.8. The lowest BCUT2D eigenvalue weighted by Crippen LogP contribution is -2.34. The summed E-state index contributed by atoms with van der Waals surface area (Å²) in [5, 5.41) is 0. The Bertz CT molecular complexity index is 693. The minimum Gasteiger partial charge on any atom is -0.436 e. The number of ether oxygens (including phenoxy) is 1. The first-order valence-corrected chi connectivity index (χ1v) is 7.45. The van der Waals surface area contributed by atoms with E-state index >= 15 is 0 Å². The monoisotopic (exact) mass is 300 g/mol. The number of hydrogen-bond donors (Lipinski definition) is 0. The van der Waals surface area contributed by atoms with Crippen molar-refractivity contribution >= 4 is 5.91 Å². The summed E-state index contributed by atoms with van der Waals surface area (Å²) in [4.78, 5) is 18.3. The van der Waals surface area contributed by atoms with Gasteiger partial charge in [-0.3, -0.25) is 4.79 Å². The second-order valence-electron chi connectivity index (χ2n) is 5.64. The molecule has 0 N–H and O–H groups in total. The predicted octanol–water partition coefficient (Wildman–Crippen LogP) is 2.68. The van der Waals surface area contributed by atoms with E-state index in [-0.39, 0.29) is 12.0 Å². The summed E-state index contributed by atoms with van der Waals surface area (Å²) in [5.74, 6) is 0.655. The molecule has 0 radical (unpaired) electrons. The summed E-state index contributed by atoms with van der Waals surface area (Å²) in [7, 11) is 1.76. The van der Waals surface area contributed by atoms with Crippen molar-refractivity contribution in [2.45, 2.75) is 26.4 Å². The van der Waals surface area contributed by atoms with Crippen LogP contribution >= 0.6 is 0 Å². The normalized spacial score (nSPS) is 17.1. The third-order valence-electron chi connectivity index (χ3n) is 3.98. The lowest BCUT2D eigenvalue weighted by Gasteiger charge is -2.29. The lowest BCUT2D eigenvalue weighted by atomic mass is 9.97. The van der Waals surface area contributed by atoms with Crippen LogP contribution in [0.2, 0.25) is 0 Å². The average Bonchev–Trinajstić information content (AvgIpc) is 2.85. The molecule has 1 aliphatic heterocycles. The number of carbonyl (C=O) groups excluding carboxylic acids is 1. The summed E-state index contributed by atoms with van der Waals surface area (Å²) in [6, 6.07) is 8.24. The van der Waals surface area contributed by atoms with Crippen LogP contribution in [0.4, 0.5) is 0 Å². The van der Waals surface area contributed by atoms with Crippen molar-refractivity contribution in [1.29, 1.82) is 0 Å². The third kappa shape index (κ3) is 2.76. The molecule has 0 saturated heterocycles. The molecule has 0 fully saturated rings. The molecule has 0 saturated carbocycles. The van der Waals surface area contributed by atoms with E-state index in [0.29, 0.717) is 30.5 Å². The molecular formula is C17H20N2O3. The zero-order valence-corrected chi connectivity index (χ0v) is 13.1. The van der Waals surface area contributed by atoms with Gasteiger partial charge in [0, 0.05) is 14.0 Å². The zero-order valence-electron chi connectivity index (χ0n) is 13.1. The van der Waals surface area contributed by atoms with Gasteiger partial charge in [-0.2, -0.15) is 0 Å². The van der Waals surface area contributed by atoms with Crippen LogP contribution in [0.15, 0.2) is 28.7 Å². The molecule has 3 rings (SSSR count). The molecule has 5 heteroatoms. The highest BCUT2D eigenvalue weighted by molar-refractivity contribution is 5.92. The number of oxazole rings is 1. The van der Waals surface area contributed by atoms with Crippen LogP contribution in [0.25, 0.3) is 0 Å². The number of fused-ring (bicyclic) bond motifs is 1. The van der Waals surface area contributed by atoms with Crippen LogP contribution in [-0.4, -0.2) is 36.0 Å². The van der Waals surface area contributed by atoms with Crippen LogP contribution in [0.5, 0.6) is 0 Å². The Balaban J connectivity index is 1.76. The standard InChI is InChI=1S/C17H20N2O3/c1-11-16(22-12(2)18-11)17(20)19(3)10-15-14-7-5-4-6-13(14)8-9-21-15/h4-7,15H,8-10H2,1-3H3. The van der Waals surface area contributed by atoms with Crippen LogP contribution in [-0.2, 0) is 11.2 Å². The minimum absolute atomic E-state index is 0.0942. The Morgan fingerprint density at radius 2 is 2.14 bits per heavy atom. The average molecular weight is 300 g/mol. The quantitative estimate of drug-likeness (QED) is 0.874. The Labute approximate surface area is 129 Å². The van der Waals surface area contributed by atoms with Gasteiger partial charge in [-0.25, -0.2) is 4.98 Å². The predicted molar refractivity (Wildman–Crippen MR) is 81.8 cm³/mol. The zero-order chi connectivity index (χ0) is 15.7. The Morgan fingerprint density at radius 1 is 1.36 bits per heavy atom. The molecular weight excluding hydrogens is 280 g/mol. The van der Waals surface area contributed by atoms with E-state index in [4.69, 9.17) is 9.15 Å². The SMILES string of the molecule is Cc1nc(C)c(C(=O)N(C)CC2OCCc3ccccc32)o1. The molecule has 0 aliphatic carbocycles. The second-order valence-corrected chi connectivity index (χ2v) is 5.64. The molecule has 5 nitrogen and oxygen atoms in total. The summed E-state index contributed by atoms with van der Waals surface area (Å²) in [6.45, 7) is 4.70. The second kappa shape index (κ2) is 5.93. The van der Waals surface area contributed by atoms with Gasteiger partial charge in [-0.1, -0.05) is 24.3 Å². The van der Waals surface area contributed by atoms with Crippen molar-refractivity contribution in [3.63, 3.8) is 0 Å². The van der Waals surface area contributed by atoms with Crippen molar-refractivity contribution in [1.82, 2.24) is 9.88 Å². The van der Waals surface area contributed by atoms with Gasteiger partial charge in [0.05, 0.1) is 18.8 Å². The molecule has 1 atom stereocenters. The summed E-state index contributed by atoms with van der Waals surface area (Å²) in [6.07, 6.45) is 0.827. The number of carbonyl (C=O) groups is 1. The molecule has 22 heavy (non-hydrogen) atoms. The summed E-state index contributed by atoms with van der Waals surface area (Å²) < 4.78 is 11.3. The smallest absolute Gasteiger partial charge is 0.291 e. The maximum atomic E-state index is 12.5. The van der Waals surface area contributed by atoms with E-state index in [0.717, 1.165) is 6.42 Å². The van der Waals surface area contributed by atoms with Gasteiger partial charge in [-0.15, -0.1) is 0 Å². The maximum absolute atomic E-state index is 12.5. The Hall–Kier alpha value is -2.14. The highest BCUT2D eigenvalue weighted by atomic mass is 16.5. The first-order chi connectivity index (χ1) is 10.6. The van der Waals surface area contributed by atoms with Crippen molar-refractivity contribution in [2.75, 3.05) is 20.2 Å². The topological polar surface area (TPSA) is 55.6 Å². The number of aromatic nitrogens is 1. The van der Waals surface area contributed by atoms with Gasteiger partial charge in [0.1, 0.15) is 6.10 Å². The Morgan fingerprint density at radius 3 is 2.86 bits per heavy atom. The molecule has 1 aromatic carbocycles. The number of amides is 1. The van der Waals surface area contributed by atoms with E-state index < -0.39 is 0 Å². The number of benzene rings is 1. The van der Waals surface area contributed by atoms with E-state index in [2.05, 4.69) is 17.1 Å². The van der Waals surface area contributed by atoms with Crippen LogP contribution in [0.3, 0.4) is 0 Å². The van der Waals surface area contributed by atoms with Gasteiger partial charge in [0.25, 0.3) is 5.91 Å². The van der Waals surface area contributed by atoms with E-state index in [1.807, 2.05) is 12.1 Å². The lowest BCUT2D eigenvalue weighted by molar-refractivity contribution is 0.0191. The van der Waals surface area contributed by atoms with E-state index in [1.165, 1.54) is 11.1 Å². The van der Waals surface area contributed by atoms with Crippen molar-refractivity contribution in [2.24, 2.45) is 0 Å². The van der Waals surface area contributed by atoms with Crippen molar-refractivity contribution in [3.8, 4) is 0 Å². The first-order valence-electron chi connectivity index (χ1n) is 7.45. The van der Waals surface area contributed by atoms with Gasteiger partial charge < -0.3 is 14.1 Å². The fourth-order valence-electron chi connectivity index (χ4n) is 2.86. The van der Waals surface area contributed by atoms with Gasteiger partial charge in [0.2, 0.25) is 5.76 Å². The third-order valence-corrected chi connectivity index (χ3v) is 3.98. The number of rotatable bonds is 3. The molecule has 1 amide bonds. The highest BCUT2D eigenvalue weighted by Gasteiger charge is 2.26. The van der Waals surface area contributed by atoms with Crippen molar-refractivity contribution < 1.29 is 13.9 Å². The highest BCUT2D eigenvalue weighted by Crippen LogP contribution is 2.27. The summed E-state index contributed by atoms with van der Waals surface area (Å²) >= 11 is 0. The minimum atomic E-state index is -0.162. The van der Waals surface area contributed by atoms with E-state index in [9.17, 15) is 4.79 Å². The number of hydrogen-bond acceptors (Lipinski definition) is 4. The molecule has 0 spiro atoms. The molecule has 2 aromatic rings. The maximum Gasteiger partial charge on any atom is 0.291 e. The van der Waals surface area contributed by atoms with Crippen LogP contribution in [0.1, 0.15) is 39.4 Å². The molecule has 116 valence electrons. The Kier molecular flexibility index (Phi) is 3.98. The number of likely N-dealkylation sites (N-methyl/N-ethyl adjacent to an activating group) is 1. The molecule has 2 heterocycles. The fourth-order valence-corrected chi connectivity index (χ4v) is 2.86. The van der Waals surface area contributed by atoms with Crippen molar-refractivity contribution in [3.05, 3.63) is 52.7 Å². The number of nitrogens with zero attached hydrogens (tertiary/aromatic N) is 2. The van der Waals surface area contributed by atoms with Crippen LogP contribution < -0.4 is 0 Å². The van der Waals surface area contributed by atoms with E-state index in [1.54, 1.807) is 25.8 Å². The largest absolute Gasteiger partial charge is 0.436 e. The molecule has 1 unspecified atom stereocenters. The van der Waals surface area contributed by atoms with Crippen LogP contribution in [0, 0.1) is 13.8 Å².